The van der Waals surface area contributed by atoms with Gasteiger partial charge in [0.1, 0.15) is 5.82 Å². The highest BCUT2D eigenvalue weighted by Crippen LogP contribution is 2.25. The summed E-state index contributed by atoms with van der Waals surface area (Å²) in [5.41, 5.74) is 1.50. The lowest BCUT2D eigenvalue weighted by atomic mass is 10.1. The van der Waals surface area contributed by atoms with Crippen LogP contribution >= 0.6 is 35.3 Å². The first kappa shape index (κ1) is 18.0. The van der Waals surface area contributed by atoms with Crippen molar-refractivity contribution < 1.29 is 9.18 Å². The highest BCUT2D eigenvalue weighted by molar-refractivity contribution is 8.01. The number of aromatic nitrogens is 2. The molecule has 1 aromatic heterocycles. The number of carbonyl (C=O) groups excluding carboxylic acids is 1. The Labute approximate surface area is 158 Å². The predicted octanol–water partition coefficient (Wildman–Crippen LogP) is 5.56. The van der Waals surface area contributed by atoms with Crippen LogP contribution in [-0.2, 0) is 0 Å². The van der Waals surface area contributed by atoms with Gasteiger partial charge in [-0.1, -0.05) is 41.3 Å². The van der Waals surface area contributed by atoms with Gasteiger partial charge in [-0.05, 0) is 55.0 Å². The summed E-state index contributed by atoms with van der Waals surface area (Å²) in [5, 5.41) is 4.53. The van der Waals surface area contributed by atoms with Crippen molar-refractivity contribution in [2.24, 2.45) is 0 Å². The first-order chi connectivity index (χ1) is 12.1. The zero-order chi connectivity index (χ0) is 17.6. The van der Waals surface area contributed by atoms with E-state index in [0.717, 1.165) is 22.2 Å². The van der Waals surface area contributed by atoms with Crippen LogP contribution in [-0.4, -0.2) is 21.3 Å². The third-order valence-electron chi connectivity index (χ3n) is 3.47. The van der Waals surface area contributed by atoms with Gasteiger partial charge in [-0.3, -0.25) is 4.79 Å². The number of rotatable bonds is 7. The Balaban J connectivity index is 1.52. The second-order valence-electron chi connectivity index (χ2n) is 5.26. The Morgan fingerprint density at radius 2 is 1.88 bits per heavy atom. The number of carbonyl (C=O) groups is 1. The van der Waals surface area contributed by atoms with E-state index in [1.165, 1.54) is 35.6 Å². The minimum absolute atomic E-state index is 0.0306. The van der Waals surface area contributed by atoms with Crippen molar-refractivity contribution in [1.29, 1.82) is 0 Å². The third-order valence-corrected chi connectivity index (χ3v) is 5.92. The Kier molecular flexibility index (Phi) is 6.12. The third kappa shape index (κ3) is 4.84. The number of hydrogen-bond acceptors (Lipinski definition) is 5. The van der Waals surface area contributed by atoms with E-state index in [1.807, 2.05) is 30.3 Å². The van der Waals surface area contributed by atoms with Crippen molar-refractivity contribution >= 4 is 41.1 Å². The van der Waals surface area contributed by atoms with Crippen LogP contribution in [0.4, 0.5) is 4.39 Å². The Morgan fingerprint density at radius 3 is 2.60 bits per heavy atom. The lowest BCUT2D eigenvalue weighted by molar-refractivity contribution is 0.0982. The molecule has 7 heteroatoms. The van der Waals surface area contributed by atoms with Crippen LogP contribution in [0.3, 0.4) is 0 Å². The molecule has 0 bridgehead atoms. The molecule has 0 spiro atoms. The van der Waals surface area contributed by atoms with Gasteiger partial charge in [0, 0.05) is 17.7 Å². The normalized spacial score (nSPS) is 10.8. The Morgan fingerprint density at radius 1 is 1.16 bits per heavy atom. The second kappa shape index (κ2) is 8.51. The lowest BCUT2D eigenvalue weighted by Crippen LogP contribution is -1.99. The molecule has 25 heavy (non-hydrogen) atoms. The minimum Gasteiger partial charge on any atom is -0.294 e. The number of nitrogens with zero attached hydrogens (tertiary/aromatic N) is 2. The number of thioether (sulfide) groups is 1. The molecule has 0 amide bonds. The molecule has 3 aromatic rings. The molecule has 0 radical (unpaired) electrons. The Bertz CT molecular complexity index is 904. The van der Waals surface area contributed by atoms with Crippen molar-refractivity contribution in [3.63, 3.8) is 0 Å². The van der Waals surface area contributed by atoms with E-state index < -0.39 is 0 Å². The van der Waals surface area contributed by atoms with Crippen LogP contribution in [0.2, 0.25) is 0 Å². The molecular weight excluding hydrogens is 375 g/mol. The van der Waals surface area contributed by atoms with Gasteiger partial charge in [-0.2, -0.15) is 0 Å². The number of para-hydroxylation sites is 1. The maximum atomic E-state index is 12.9. The van der Waals surface area contributed by atoms with Crippen molar-refractivity contribution in [3.8, 4) is 5.69 Å². The second-order valence-corrected chi connectivity index (χ2v) is 8.23. The van der Waals surface area contributed by atoms with Crippen LogP contribution in [0, 0.1) is 9.77 Å². The Hall–Kier alpha value is -1.83. The standard InChI is InChI=1S/C18H15FN2OS3/c19-14-10-8-13(9-11-14)16(22)7-4-12-24-17-20-21(18(23)25-17)15-5-2-1-3-6-15/h1-3,5-6,8-11H,4,7,12H2. The predicted molar refractivity (Wildman–Crippen MR) is 103 cm³/mol. The fourth-order valence-electron chi connectivity index (χ4n) is 2.22. The molecule has 0 fully saturated rings. The van der Waals surface area contributed by atoms with Crippen LogP contribution < -0.4 is 0 Å². The fraction of sp³-hybridized carbons (Fsp3) is 0.167. The fourth-order valence-corrected chi connectivity index (χ4v) is 4.59. The monoisotopic (exact) mass is 390 g/mol. The van der Waals surface area contributed by atoms with Crippen molar-refractivity contribution in [2.75, 3.05) is 5.75 Å². The molecule has 1 heterocycles. The van der Waals surface area contributed by atoms with Gasteiger partial charge in [-0.25, -0.2) is 9.07 Å². The largest absolute Gasteiger partial charge is 0.294 e. The summed E-state index contributed by atoms with van der Waals surface area (Å²) in [4.78, 5) is 12.0. The molecule has 0 saturated heterocycles. The lowest BCUT2D eigenvalue weighted by Gasteiger charge is -2.01. The summed E-state index contributed by atoms with van der Waals surface area (Å²) in [7, 11) is 0. The van der Waals surface area contributed by atoms with Crippen LogP contribution in [0.15, 0.2) is 58.9 Å². The molecule has 2 aromatic carbocycles. The summed E-state index contributed by atoms with van der Waals surface area (Å²) >= 11 is 8.44. The summed E-state index contributed by atoms with van der Waals surface area (Å²) in [6.45, 7) is 0. The summed E-state index contributed by atoms with van der Waals surface area (Å²) in [5.74, 6) is 0.481. The van der Waals surface area contributed by atoms with E-state index in [0.29, 0.717) is 15.9 Å². The SMILES string of the molecule is O=C(CCCSc1nn(-c2ccccc2)c(=S)s1)c1ccc(F)cc1. The maximum Gasteiger partial charge on any atom is 0.184 e. The molecular formula is C18H15FN2OS3. The molecule has 0 aliphatic heterocycles. The quantitative estimate of drug-likeness (QED) is 0.229. The van der Waals surface area contributed by atoms with E-state index >= 15 is 0 Å². The van der Waals surface area contributed by atoms with Crippen LogP contribution in [0.5, 0.6) is 0 Å². The summed E-state index contributed by atoms with van der Waals surface area (Å²) in [6, 6.07) is 15.4. The van der Waals surface area contributed by atoms with E-state index in [2.05, 4.69) is 5.10 Å². The number of ketones is 1. The zero-order valence-corrected chi connectivity index (χ0v) is 15.7. The molecule has 0 aliphatic rings. The van der Waals surface area contributed by atoms with E-state index in [1.54, 1.807) is 16.4 Å². The molecule has 0 atom stereocenters. The first-order valence-corrected chi connectivity index (χ1v) is 9.92. The number of benzene rings is 2. The molecule has 0 aliphatic carbocycles. The van der Waals surface area contributed by atoms with E-state index in [4.69, 9.17) is 12.2 Å². The van der Waals surface area contributed by atoms with Gasteiger partial charge >= 0.3 is 0 Å². The number of hydrogen-bond donors (Lipinski definition) is 0. The molecule has 0 saturated carbocycles. The number of Topliss-reactive ketones (excluding diaryl/α,β-unsaturated/α-hetero) is 1. The van der Waals surface area contributed by atoms with Gasteiger partial charge in [0.25, 0.3) is 0 Å². The molecule has 0 unspecified atom stereocenters. The highest BCUT2D eigenvalue weighted by Gasteiger charge is 2.08. The van der Waals surface area contributed by atoms with E-state index in [9.17, 15) is 9.18 Å². The van der Waals surface area contributed by atoms with Crippen LogP contribution in [0.1, 0.15) is 23.2 Å². The van der Waals surface area contributed by atoms with Gasteiger partial charge < -0.3 is 0 Å². The van der Waals surface area contributed by atoms with Crippen molar-refractivity contribution in [2.45, 2.75) is 17.2 Å². The minimum atomic E-state index is -0.331. The van der Waals surface area contributed by atoms with Gasteiger partial charge in [0.15, 0.2) is 14.1 Å². The van der Waals surface area contributed by atoms with Crippen molar-refractivity contribution in [3.05, 3.63) is 69.9 Å². The van der Waals surface area contributed by atoms with Crippen molar-refractivity contribution in [1.82, 2.24) is 9.78 Å². The summed E-state index contributed by atoms with van der Waals surface area (Å²) in [6.07, 6.45) is 1.17. The van der Waals surface area contributed by atoms with Crippen LogP contribution in [0.25, 0.3) is 5.69 Å². The average Bonchev–Trinajstić information content (AvgIpc) is 3.00. The van der Waals surface area contributed by atoms with Gasteiger partial charge in [-0.15, -0.1) is 5.10 Å². The molecule has 3 rings (SSSR count). The number of halogens is 1. The average molecular weight is 391 g/mol. The van der Waals surface area contributed by atoms with E-state index in [-0.39, 0.29) is 11.6 Å². The zero-order valence-electron chi connectivity index (χ0n) is 13.2. The topological polar surface area (TPSA) is 34.9 Å². The highest BCUT2D eigenvalue weighted by atomic mass is 32.2. The molecule has 0 N–H and O–H groups in total. The molecule has 3 nitrogen and oxygen atoms in total. The van der Waals surface area contributed by atoms with Gasteiger partial charge in [0.05, 0.1) is 5.69 Å². The smallest absolute Gasteiger partial charge is 0.184 e. The maximum absolute atomic E-state index is 12.9. The first-order valence-electron chi connectivity index (χ1n) is 7.70. The summed E-state index contributed by atoms with van der Waals surface area (Å²) < 4.78 is 16.2. The molecule has 128 valence electrons. The van der Waals surface area contributed by atoms with Gasteiger partial charge in [0.2, 0.25) is 0 Å².